The van der Waals surface area contributed by atoms with Crippen molar-refractivity contribution in [1.82, 2.24) is 5.32 Å². The number of aliphatic hydroxyl groups is 1. The van der Waals surface area contributed by atoms with Crippen LogP contribution in [0, 0.1) is 5.92 Å². The Labute approximate surface area is 119 Å². The van der Waals surface area contributed by atoms with Crippen LogP contribution in [-0.2, 0) is 4.84 Å². The van der Waals surface area contributed by atoms with E-state index >= 15 is 0 Å². The fraction of sp³-hybridized carbons (Fsp3) is 0.467. The van der Waals surface area contributed by atoms with E-state index in [1.807, 2.05) is 13.8 Å². The highest BCUT2D eigenvalue weighted by Crippen LogP contribution is 2.07. The van der Waals surface area contributed by atoms with Crippen molar-refractivity contribution in [3.8, 4) is 0 Å². The normalized spacial score (nSPS) is 14.0. The molecule has 2 atom stereocenters. The Morgan fingerprint density at radius 3 is 2.65 bits per heavy atom. The molecule has 0 saturated heterocycles. The third-order valence-electron chi connectivity index (χ3n) is 3.25. The van der Waals surface area contributed by atoms with Gasteiger partial charge in [-0.2, -0.15) is 0 Å². The Morgan fingerprint density at radius 2 is 2.10 bits per heavy atom. The SMILES string of the molecule is CCC(C)C(O)CNC(=O)c1ccc(/C=N/OC)cc1. The number of nitrogens with zero attached hydrogens (tertiary/aromatic N) is 1. The average molecular weight is 278 g/mol. The van der Waals surface area contributed by atoms with Gasteiger partial charge in [0.25, 0.3) is 5.91 Å². The monoisotopic (exact) mass is 278 g/mol. The summed E-state index contributed by atoms with van der Waals surface area (Å²) in [5.41, 5.74) is 1.40. The van der Waals surface area contributed by atoms with Crippen LogP contribution in [0.4, 0.5) is 0 Å². The largest absolute Gasteiger partial charge is 0.399 e. The van der Waals surface area contributed by atoms with Gasteiger partial charge in [0, 0.05) is 12.1 Å². The van der Waals surface area contributed by atoms with Crippen molar-refractivity contribution in [3.05, 3.63) is 35.4 Å². The second kappa shape index (κ2) is 8.32. The summed E-state index contributed by atoms with van der Waals surface area (Å²) in [4.78, 5) is 16.5. The van der Waals surface area contributed by atoms with E-state index in [9.17, 15) is 9.90 Å². The average Bonchev–Trinajstić information content (AvgIpc) is 2.49. The van der Waals surface area contributed by atoms with Crippen molar-refractivity contribution >= 4 is 12.1 Å². The Morgan fingerprint density at radius 1 is 1.45 bits per heavy atom. The second-order valence-electron chi connectivity index (χ2n) is 4.70. The molecule has 5 nitrogen and oxygen atoms in total. The number of aliphatic hydroxyl groups excluding tert-OH is 1. The highest BCUT2D eigenvalue weighted by Gasteiger charge is 2.13. The summed E-state index contributed by atoms with van der Waals surface area (Å²) >= 11 is 0. The van der Waals surface area contributed by atoms with Gasteiger partial charge in [0.1, 0.15) is 7.11 Å². The molecule has 1 amide bonds. The van der Waals surface area contributed by atoms with Crippen LogP contribution in [0.25, 0.3) is 0 Å². The molecule has 1 aromatic carbocycles. The molecule has 0 radical (unpaired) electrons. The number of carbonyl (C=O) groups excluding carboxylic acids is 1. The van der Waals surface area contributed by atoms with Crippen LogP contribution in [0.5, 0.6) is 0 Å². The summed E-state index contributed by atoms with van der Waals surface area (Å²) in [6, 6.07) is 6.98. The zero-order chi connectivity index (χ0) is 15.0. The van der Waals surface area contributed by atoms with Gasteiger partial charge in [-0.15, -0.1) is 0 Å². The van der Waals surface area contributed by atoms with E-state index in [2.05, 4.69) is 15.3 Å². The van der Waals surface area contributed by atoms with Crippen LogP contribution in [-0.4, -0.2) is 37.0 Å². The van der Waals surface area contributed by atoms with Gasteiger partial charge in [0.15, 0.2) is 0 Å². The molecule has 1 aromatic rings. The summed E-state index contributed by atoms with van der Waals surface area (Å²) in [6.07, 6.45) is 1.93. The summed E-state index contributed by atoms with van der Waals surface area (Å²) < 4.78 is 0. The molecule has 0 heterocycles. The third-order valence-corrected chi connectivity index (χ3v) is 3.25. The van der Waals surface area contributed by atoms with Crippen molar-refractivity contribution in [1.29, 1.82) is 0 Å². The molecule has 0 aliphatic carbocycles. The second-order valence-corrected chi connectivity index (χ2v) is 4.70. The van der Waals surface area contributed by atoms with E-state index in [0.29, 0.717) is 5.56 Å². The topological polar surface area (TPSA) is 70.9 Å². The van der Waals surface area contributed by atoms with Crippen molar-refractivity contribution in [2.45, 2.75) is 26.4 Å². The summed E-state index contributed by atoms with van der Waals surface area (Å²) in [5, 5.41) is 16.2. The lowest BCUT2D eigenvalue weighted by Crippen LogP contribution is -2.35. The maximum absolute atomic E-state index is 11.9. The minimum atomic E-state index is -0.517. The smallest absolute Gasteiger partial charge is 0.251 e. The molecule has 1 rings (SSSR count). The number of benzene rings is 1. The van der Waals surface area contributed by atoms with E-state index in [4.69, 9.17) is 0 Å². The standard InChI is InChI=1S/C15H22N2O3/c1-4-11(2)14(18)10-16-15(19)13-7-5-12(6-8-13)9-17-20-3/h5-9,11,14,18H,4,10H2,1-3H3,(H,16,19)/b17-9+. The molecule has 0 aliphatic heterocycles. The van der Waals surface area contributed by atoms with Crippen LogP contribution >= 0.6 is 0 Å². The number of nitrogens with one attached hydrogen (secondary N) is 1. The van der Waals surface area contributed by atoms with Crippen molar-refractivity contribution in [3.63, 3.8) is 0 Å². The molecule has 0 saturated carbocycles. The van der Waals surface area contributed by atoms with Gasteiger partial charge in [-0.3, -0.25) is 4.79 Å². The van der Waals surface area contributed by atoms with E-state index in [1.54, 1.807) is 30.5 Å². The van der Waals surface area contributed by atoms with Crippen molar-refractivity contribution in [2.24, 2.45) is 11.1 Å². The van der Waals surface area contributed by atoms with E-state index in [1.165, 1.54) is 7.11 Å². The molecule has 0 aliphatic rings. The lowest BCUT2D eigenvalue weighted by atomic mass is 10.0. The summed E-state index contributed by atoms with van der Waals surface area (Å²) in [7, 11) is 1.47. The number of rotatable bonds is 7. The van der Waals surface area contributed by atoms with Crippen LogP contribution in [0.2, 0.25) is 0 Å². The van der Waals surface area contributed by atoms with E-state index < -0.39 is 6.10 Å². The van der Waals surface area contributed by atoms with Gasteiger partial charge in [0.2, 0.25) is 0 Å². The molecule has 2 N–H and O–H groups in total. The maximum Gasteiger partial charge on any atom is 0.251 e. The van der Waals surface area contributed by atoms with Gasteiger partial charge >= 0.3 is 0 Å². The van der Waals surface area contributed by atoms with Crippen LogP contribution < -0.4 is 5.32 Å². The first kappa shape index (κ1) is 16.2. The van der Waals surface area contributed by atoms with E-state index in [-0.39, 0.29) is 18.4 Å². The van der Waals surface area contributed by atoms with Gasteiger partial charge in [0.05, 0.1) is 12.3 Å². The quantitative estimate of drug-likeness (QED) is 0.590. The fourth-order valence-electron chi connectivity index (χ4n) is 1.61. The molecule has 0 spiro atoms. The van der Waals surface area contributed by atoms with Gasteiger partial charge in [-0.05, 0) is 23.6 Å². The Hall–Kier alpha value is -1.88. The summed E-state index contributed by atoms with van der Waals surface area (Å²) in [5.74, 6) is -0.0227. The molecule has 0 bridgehead atoms. The number of hydrogen-bond donors (Lipinski definition) is 2. The first-order valence-corrected chi connectivity index (χ1v) is 6.71. The van der Waals surface area contributed by atoms with Gasteiger partial charge < -0.3 is 15.3 Å². The van der Waals surface area contributed by atoms with Gasteiger partial charge in [-0.25, -0.2) is 0 Å². The zero-order valence-corrected chi connectivity index (χ0v) is 12.2. The molecule has 5 heteroatoms. The Bertz CT molecular complexity index is 443. The van der Waals surface area contributed by atoms with Crippen molar-refractivity contribution in [2.75, 3.05) is 13.7 Å². The minimum absolute atomic E-state index is 0.169. The number of amides is 1. The summed E-state index contributed by atoms with van der Waals surface area (Å²) in [6.45, 7) is 4.23. The number of carbonyl (C=O) groups is 1. The highest BCUT2D eigenvalue weighted by atomic mass is 16.6. The molecule has 2 unspecified atom stereocenters. The predicted octanol–water partition coefficient (Wildman–Crippen LogP) is 1.80. The minimum Gasteiger partial charge on any atom is -0.399 e. The number of oxime groups is 1. The van der Waals surface area contributed by atoms with Gasteiger partial charge in [-0.1, -0.05) is 37.6 Å². The fourth-order valence-corrected chi connectivity index (χ4v) is 1.61. The van der Waals surface area contributed by atoms with Crippen LogP contribution in [0.15, 0.2) is 29.4 Å². The number of hydrogen-bond acceptors (Lipinski definition) is 4. The molecule has 0 aromatic heterocycles. The maximum atomic E-state index is 11.9. The lowest BCUT2D eigenvalue weighted by Gasteiger charge is -2.17. The zero-order valence-electron chi connectivity index (χ0n) is 12.2. The predicted molar refractivity (Wildman–Crippen MR) is 78.8 cm³/mol. The van der Waals surface area contributed by atoms with Crippen molar-refractivity contribution < 1.29 is 14.7 Å². The molecular weight excluding hydrogens is 256 g/mol. The molecular formula is C15H22N2O3. The molecule has 0 fully saturated rings. The molecule has 110 valence electrons. The Kier molecular flexibility index (Phi) is 6.73. The van der Waals surface area contributed by atoms with E-state index in [0.717, 1.165) is 12.0 Å². The lowest BCUT2D eigenvalue weighted by molar-refractivity contribution is 0.0850. The Balaban J connectivity index is 2.53. The first-order valence-electron chi connectivity index (χ1n) is 6.71. The van der Waals surface area contributed by atoms with Crippen LogP contribution in [0.3, 0.4) is 0 Å². The third kappa shape index (κ3) is 5.01. The first-order chi connectivity index (χ1) is 9.58. The molecule has 20 heavy (non-hydrogen) atoms. The highest BCUT2D eigenvalue weighted by molar-refractivity contribution is 5.95. The van der Waals surface area contributed by atoms with Crippen LogP contribution in [0.1, 0.15) is 36.2 Å².